The molecule has 4 nitrogen and oxygen atoms in total. The summed E-state index contributed by atoms with van der Waals surface area (Å²) in [6, 6.07) is 9.41. The molecule has 0 saturated carbocycles. The van der Waals surface area contributed by atoms with Crippen LogP contribution in [-0.4, -0.2) is 25.4 Å². The monoisotopic (exact) mass is 398 g/mol. The lowest BCUT2D eigenvalue weighted by Crippen LogP contribution is -2.40. The van der Waals surface area contributed by atoms with Crippen molar-refractivity contribution in [2.75, 3.05) is 7.11 Å². The summed E-state index contributed by atoms with van der Waals surface area (Å²) in [6.45, 7) is 1.78. The Morgan fingerprint density at radius 3 is 2.56 bits per heavy atom. The molecule has 1 aliphatic rings. The van der Waals surface area contributed by atoms with E-state index in [1.807, 2.05) is 0 Å². The molecule has 0 saturated heterocycles. The van der Waals surface area contributed by atoms with Crippen LogP contribution in [0.4, 0.5) is 13.2 Å². The first-order valence-electron chi connectivity index (χ1n) is 7.81. The molecule has 0 amide bonds. The molecule has 1 atom stereocenters. The van der Waals surface area contributed by atoms with Crippen molar-refractivity contribution in [2.45, 2.75) is 19.2 Å². The van der Waals surface area contributed by atoms with Gasteiger partial charge < -0.3 is 14.2 Å². The Labute approximate surface area is 158 Å². The number of alkyl halides is 3. The Hall–Kier alpha value is -2.67. The van der Waals surface area contributed by atoms with E-state index >= 15 is 0 Å². The first-order chi connectivity index (χ1) is 12.7. The lowest BCUT2D eigenvalue weighted by molar-refractivity contribution is -0.187. The van der Waals surface area contributed by atoms with Gasteiger partial charge in [0.2, 0.25) is 6.10 Å². The molecule has 0 spiro atoms. The van der Waals surface area contributed by atoms with Crippen molar-refractivity contribution < 1.29 is 32.2 Å². The summed E-state index contributed by atoms with van der Waals surface area (Å²) < 4.78 is 55.3. The molecule has 0 radical (unpaired) electrons. The fraction of sp³-hybridized carbons (Fsp3) is 0.211. The minimum atomic E-state index is -4.78. The van der Waals surface area contributed by atoms with Crippen LogP contribution in [0.1, 0.15) is 11.1 Å². The number of esters is 1. The molecule has 0 N–H and O–H groups in total. The zero-order valence-electron chi connectivity index (χ0n) is 14.3. The average molecular weight is 399 g/mol. The number of ether oxygens (including phenoxy) is 3. The van der Waals surface area contributed by atoms with E-state index in [-0.39, 0.29) is 17.1 Å². The SMILES string of the molecule is COC(=O)C1=Cc2c(Oc3ccc(Cl)cc3C)cccc2OC1C(F)(F)F. The number of carbonyl (C=O) groups excluding carboxylic acids is 1. The summed E-state index contributed by atoms with van der Waals surface area (Å²) in [7, 11) is 1.01. The van der Waals surface area contributed by atoms with Crippen LogP contribution in [0.5, 0.6) is 17.2 Å². The van der Waals surface area contributed by atoms with Crippen LogP contribution < -0.4 is 9.47 Å². The maximum absolute atomic E-state index is 13.3. The van der Waals surface area contributed by atoms with Crippen LogP contribution >= 0.6 is 11.6 Å². The number of hydrogen-bond acceptors (Lipinski definition) is 4. The van der Waals surface area contributed by atoms with Gasteiger partial charge in [-0.1, -0.05) is 17.7 Å². The number of aryl methyl sites for hydroxylation is 1. The van der Waals surface area contributed by atoms with Crippen LogP contribution in [0.15, 0.2) is 42.0 Å². The van der Waals surface area contributed by atoms with Gasteiger partial charge in [-0.25, -0.2) is 4.79 Å². The topological polar surface area (TPSA) is 44.8 Å². The van der Waals surface area contributed by atoms with Gasteiger partial charge in [0.05, 0.1) is 18.2 Å². The second-order valence-electron chi connectivity index (χ2n) is 5.81. The second kappa shape index (κ2) is 7.15. The maximum Gasteiger partial charge on any atom is 0.430 e. The number of fused-ring (bicyclic) bond motifs is 1. The fourth-order valence-corrected chi connectivity index (χ4v) is 2.88. The summed E-state index contributed by atoms with van der Waals surface area (Å²) in [4.78, 5) is 11.9. The number of benzene rings is 2. The molecule has 0 aromatic heterocycles. The molecular weight excluding hydrogens is 385 g/mol. The molecular formula is C19H14ClF3O4. The third-order valence-corrected chi connectivity index (χ3v) is 4.16. The largest absolute Gasteiger partial charge is 0.475 e. The van der Waals surface area contributed by atoms with Gasteiger partial charge in [0.1, 0.15) is 17.2 Å². The molecule has 0 fully saturated rings. The number of methoxy groups -OCH3 is 1. The van der Waals surface area contributed by atoms with Gasteiger partial charge in [-0.05, 0) is 48.9 Å². The number of rotatable bonds is 3. The Kier molecular flexibility index (Phi) is 5.06. The molecule has 8 heteroatoms. The van der Waals surface area contributed by atoms with E-state index in [4.69, 9.17) is 21.1 Å². The minimum absolute atomic E-state index is 0.0471. The molecule has 0 aliphatic carbocycles. The fourth-order valence-electron chi connectivity index (χ4n) is 2.65. The van der Waals surface area contributed by atoms with E-state index in [1.54, 1.807) is 31.2 Å². The Balaban J connectivity index is 2.07. The standard InChI is InChI=1S/C19H14ClF3O4/c1-10-8-11(20)6-7-14(10)26-15-4-3-5-16-12(15)9-13(18(24)25-2)17(27-16)19(21,22)23/h3-9,17H,1-2H3. The molecule has 2 aromatic rings. The molecule has 1 unspecified atom stereocenters. The number of hydrogen-bond donors (Lipinski definition) is 0. The average Bonchev–Trinajstić information content (AvgIpc) is 2.61. The molecule has 142 valence electrons. The van der Waals surface area contributed by atoms with Gasteiger partial charge in [-0.3, -0.25) is 0 Å². The van der Waals surface area contributed by atoms with Crippen LogP contribution in [0, 0.1) is 6.92 Å². The van der Waals surface area contributed by atoms with Gasteiger partial charge in [0.15, 0.2) is 0 Å². The van der Waals surface area contributed by atoms with Gasteiger partial charge >= 0.3 is 12.1 Å². The molecule has 3 rings (SSSR count). The van der Waals surface area contributed by atoms with Crippen LogP contribution in [0.25, 0.3) is 6.08 Å². The third-order valence-electron chi connectivity index (χ3n) is 3.93. The summed E-state index contributed by atoms with van der Waals surface area (Å²) in [6.07, 6.45) is -6.10. The van der Waals surface area contributed by atoms with Crippen LogP contribution in [0.3, 0.4) is 0 Å². The van der Waals surface area contributed by atoms with Crippen LogP contribution in [0.2, 0.25) is 5.02 Å². The maximum atomic E-state index is 13.3. The van der Waals surface area contributed by atoms with Crippen molar-refractivity contribution in [1.82, 2.24) is 0 Å². The molecule has 27 heavy (non-hydrogen) atoms. The number of halogens is 4. The summed E-state index contributed by atoms with van der Waals surface area (Å²) in [5.74, 6) is -0.465. The zero-order chi connectivity index (χ0) is 19.8. The predicted molar refractivity (Wildman–Crippen MR) is 93.2 cm³/mol. The Morgan fingerprint density at radius 2 is 1.93 bits per heavy atom. The summed E-state index contributed by atoms with van der Waals surface area (Å²) >= 11 is 5.92. The van der Waals surface area contributed by atoms with Crippen molar-refractivity contribution in [1.29, 1.82) is 0 Å². The highest BCUT2D eigenvalue weighted by molar-refractivity contribution is 6.30. The van der Waals surface area contributed by atoms with E-state index in [1.165, 1.54) is 12.1 Å². The van der Waals surface area contributed by atoms with Crippen molar-refractivity contribution >= 4 is 23.6 Å². The van der Waals surface area contributed by atoms with Crippen molar-refractivity contribution in [2.24, 2.45) is 0 Å². The Bertz CT molecular complexity index is 922. The highest BCUT2D eigenvalue weighted by Crippen LogP contribution is 2.42. The van der Waals surface area contributed by atoms with Crippen molar-refractivity contribution in [3.63, 3.8) is 0 Å². The van der Waals surface area contributed by atoms with E-state index in [9.17, 15) is 18.0 Å². The minimum Gasteiger partial charge on any atom is -0.475 e. The molecule has 1 aliphatic heterocycles. The highest BCUT2D eigenvalue weighted by atomic mass is 35.5. The van der Waals surface area contributed by atoms with Crippen molar-refractivity contribution in [3.8, 4) is 17.2 Å². The van der Waals surface area contributed by atoms with E-state index in [0.717, 1.165) is 18.7 Å². The summed E-state index contributed by atoms with van der Waals surface area (Å²) in [5.41, 5.74) is 0.302. The normalized spacial score (nSPS) is 16.1. The van der Waals surface area contributed by atoms with Crippen LogP contribution in [-0.2, 0) is 9.53 Å². The lowest BCUT2D eigenvalue weighted by atomic mass is 10.0. The van der Waals surface area contributed by atoms with E-state index < -0.39 is 23.8 Å². The van der Waals surface area contributed by atoms with Gasteiger partial charge in [-0.2, -0.15) is 13.2 Å². The Morgan fingerprint density at radius 1 is 1.19 bits per heavy atom. The number of carbonyl (C=O) groups is 1. The molecule has 0 bridgehead atoms. The van der Waals surface area contributed by atoms with Crippen molar-refractivity contribution in [3.05, 3.63) is 58.1 Å². The zero-order valence-corrected chi connectivity index (χ0v) is 15.0. The van der Waals surface area contributed by atoms with Gasteiger partial charge in [-0.15, -0.1) is 0 Å². The predicted octanol–water partition coefficient (Wildman–Crippen LogP) is 5.32. The third kappa shape index (κ3) is 3.88. The van der Waals surface area contributed by atoms with E-state index in [2.05, 4.69) is 4.74 Å². The lowest BCUT2D eigenvalue weighted by Gasteiger charge is -2.28. The molecule has 1 heterocycles. The van der Waals surface area contributed by atoms with E-state index in [0.29, 0.717) is 10.8 Å². The van der Waals surface area contributed by atoms with Gasteiger partial charge in [0.25, 0.3) is 0 Å². The summed E-state index contributed by atoms with van der Waals surface area (Å²) in [5, 5.41) is 0.527. The first-order valence-corrected chi connectivity index (χ1v) is 8.19. The smallest absolute Gasteiger partial charge is 0.430 e. The second-order valence-corrected chi connectivity index (χ2v) is 6.25. The first kappa shape index (κ1) is 19.1. The quantitative estimate of drug-likeness (QED) is 0.656. The van der Waals surface area contributed by atoms with Gasteiger partial charge in [0, 0.05) is 5.02 Å². The molecule has 2 aromatic carbocycles. The highest BCUT2D eigenvalue weighted by Gasteiger charge is 2.49.